The fourth-order valence-electron chi connectivity index (χ4n) is 2.89. The third kappa shape index (κ3) is 5.16. The Kier molecular flexibility index (Phi) is 5.53. The van der Waals surface area contributed by atoms with Crippen molar-refractivity contribution in [3.05, 3.63) is 53.9 Å². The van der Waals surface area contributed by atoms with Gasteiger partial charge in [-0.25, -0.2) is 4.98 Å². The fraction of sp³-hybridized carbons (Fsp3) is 0.444. The molecule has 134 valence electrons. The normalized spacial score (nSPS) is 16.8. The Morgan fingerprint density at radius 2 is 1.80 bits per heavy atom. The number of piperidine rings is 1. The van der Waals surface area contributed by atoms with Crippen LogP contribution in [-0.2, 0) is 12.6 Å². The minimum absolute atomic E-state index is 0.142. The average Bonchev–Trinajstić information content (AvgIpc) is 2.62. The molecular formula is C18H20F3N3O. The topological polar surface area (TPSA) is 38.2 Å². The van der Waals surface area contributed by atoms with Crippen LogP contribution in [0.4, 0.5) is 13.2 Å². The summed E-state index contributed by atoms with van der Waals surface area (Å²) < 4.78 is 43.6. The highest BCUT2D eigenvalue weighted by Crippen LogP contribution is 2.28. The molecule has 0 amide bonds. The van der Waals surface area contributed by atoms with Crippen LogP contribution in [0.3, 0.4) is 0 Å². The lowest BCUT2D eigenvalue weighted by Crippen LogP contribution is -2.39. The molecule has 7 heteroatoms. The van der Waals surface area contributed by atoms with Gasteiger partial charge in [0.15, 0.2) is 5.69 Å². The molecule has 4 nitrogen and oxygen atoms in total. The molecule has 1 saturated heterocycles. The molecule has 2 heterocycles. The van der Waals surface area contributed by atoms with Crippen LogP contribution < -0.4 is 4.74 Å². The van der Waals surface area contributed by atoms with Crippen molar-refractivity contribution < 1.29 is 17.9 Å². The van der Waals surface area contributed by atoms with Gasteiger partial charge in [-0.2, -0.15) is 18.2 Å². The van der Waals surface area contributed by atoms with E-state index in [1.165, 1.54) is 5.56 Å². The number of halogens is 3. The van der Waals surface area contributed by atoms with Crippen molar-refractivity contribution in [2.24, 2.45) is 0 Å². The van der Waals surface area contributed by atoms with Crippen molar-refractivity contribution in [1.29, 1.82) is 0 Å². The summed E-state index contributed by atoms with van der Waals surface area (Å²) in [6, 6.07) is 10.9. The maximum atomic E-state index is 12.7. The first kappa shape index (κ1) is 17.7. The lowest BCUT2D eigenvalue weighted by molar-refractivity contribution is -0.141. The molecular weight excluding hydrogens is 331 g/mol. The van der Waals surface area contributed by atoms with Crippen molar-refractivity contribution in [3.63, 3.8) is 0 Å². The third-order valence-electron chi connectivity index (χ3n) is 4.29. The van der Waals surface area contributed by atoms with Crippen molar-refractivity contribution in [2.75, 3.05) is 19.6 Å². The van der Waals surface area contributed by atoms with Crippen LogP contribution in [0.1, 0.15) is 24.1 Å². The maximum absolute atomic E-state index is 12.7. The molecule has 25 heavy (non-hydrogen) atoms. The number of likely N-dealkylation sites (tertiary alicyclic amines) is 1. The first-order chi connectivity index (χ1) is 12.0. The van der Waals surface area contributed by atoms with Gasteiger partial charge in [0.05, 0.1) is 0 Å². The summed E-state index contributed by atoms with van der Waals surface area (Å²) in [7, 11) is 0. The van der Waals surface area contributed by atoms with Gasteiger partial charge >= 0.3 is 12.2 Å². The van der Waals surface area contributed by atoms with Gasteiger partial charge in [0.2, 0.25) is 0 Å². The molecule has 0 spiro atoms. The van der Waals surface area contributed by atoms with Crippen molar-refractivity contribution >= 4 is 0 Å². The Balaban J connectivity index is 1.46. The van der Waals surface area contributed by atoms with Gasteiger partial charge in [0.1, 0.15) is 6.10 Å². The quantitative estimate of drug-likeness (QED) is 0.825. The van der Waals surface area contributed by atoms with Gasteiger partial charge in [-0.05, 0) is 30.9 Å². The summed E-state index contributed by atoms with van der Waals surface area (Å²) in [5.74, 6) is 0. The second kappa shape index (κ2) is 7.82. The molecule has 0 unspecified atom stereocenters. The molecule has 0 radical (unpaired) electrons. The number of rotatable bonds is 5. The summed E-state index contributed by atoms with van der Waals surface area (Å²) in [5, 5.41) is 0. The van der Waals surface area contributed by atoms with E-state index in [9.17, 15) is 13.2 Å². The Labute approximate surface area is 144 Å². The van der Waals surface area contributed by atoms with Gasteiger partial charge < -0.3 is 9.64 Å². The molecule has 0 N–H and O–H groups in total. The molecule has 0 bridgehead atoms. The van der Waals surface area contributed by atoms with E-state index >= 15 is 0 Å². The molecule has 1 aromatic carbocycles. The van der Waals surface area contributed by atoms with Crippen molar-refractivity contribution in [1.82, 2.24) is 14.9 Å². The average molecular weight is 351 g/mol. The second-order valence-electron chi connectivity index (χ2n) is 6.12. The van der Waals surface area contributed by atoms with Gasteiger partial charge in [-0.1, -0.05) is 30.3 Å². The highest BCUT2D eigenvalue weighted by molar-refractivity contribution is 5.15. The van der Waals surface area contributed by atoms with Gasteiger partial charge in [0, 0.05) is 25.8 Å². The van der Waals surface area contributed by atoms with E-state index in [0.717, 1.165) is 51.2 Å². The van der Waals surface area contributed by atoms with Crippen LogP contribution in [0.15, 0.2) is 42.6 Å². The summed E-state index contributed by atoms with van der Waals surface area (Å²) >= 11 is 0. The molecule has 3 rings (SSSR count). The van der Waals surface area contributed by atoms with Crippen LogP contribution in [0.2, 0.25) is 0 Å². The number of nitrogens with zero attached hydrogens (tertiary/aromatic N) is 3. The van der Waals surface area contributed by atoms with Crippen molar-refractivity contribution in [3.8, 4) is 6.01 Å². The van der Waals surface area contributed by atoms with E-state index in [0.29, 0.717) is 0 Å². The number of aromatic nitrogens is 2. The smallest absolute Gasteiger partial charge is 0.433 e. The minimum Gasteiger partial charge on any atom is -0.460 e. The van der Waals surface area contributed by atoms with Crippen LogP contribution in [0, 0.1) is 0 Å². The summed E-state index contributed by atoms with van der Waals surface area (Å²) in [4.78, 5) is 9.60. The number of hydrogen-bond donors (Lipinski definition) is 0. The lowest BCUT2D eigenvalue weighted by atomic mass is 10.1. The zero-order valence-corrected chi connectivity index (χ0v) is 13.7. The number of ether oxygens (including phenoxy) is 1. The highest BCUT2D eigenvalue weighted by Gasteiger charge is 2.33. The van der Waals surface area contributed by atoms with Crippen LogP contribution >= 0.6 is 0 Å². The zero-order chi connectivity index (χ0) is 17.7. The summed E-state index contributed by atoms with van der Waals surface area (Å²) in [6.45, 7) is 2.68. The minimum atomic E-state index is -4.48. The van der Waals surface area contributed by atoms with E-state index in [4.69, 9.17) is 4.74 Å². The van der Waals surface area contributed by atoms with Crippen LogP contribution in [-0.4, -0.2) is 40.6 Å². The summed E-state index contributed by atoms with van der Waals surface area (Å²) in [5.41, 5.74) is 0.330. The molecule has 1 aliphatic rings. The Bertz CT molecular complexity index is 671. The van der Waals surface area contributed by atoms with Gasteiger partial charge in [0.25, 0.3) is 0 Å². The lowest BCUT2D eigenvalue weighted by Gasteiger charge is -2.31. The number of hydrogen-bond acceptors (Lipinski definition) is 4. The predicted molar refractivity (Wildman–Crippen MR) is 87.3 cm³/mol. The first-order valence-corrected chi connectivity index (χ1v) is 8.34. The molecule has 1 aliphatic heterocycles. The van der Waals surface area contributed by atoms with E-state index in [1.54, 1.807) is 0 Å². The first-order valence-electron chi connectivity index (χ1n) is 8.34. The Hall–Kier alpha value is -2.15. The van der Waals surface area contributed by atoms with E-state index in [-0.39, 0.29) is 12.1 Å². The monoisotopic (exact) mass is 351 g/mol. The molecule has 2 aromatic rings. The molecule has 0 saturated carbocycles. The number of alkyl halides is 3. The van der Waals surface area contributed by atoms with E-state index < -0.39 is 11.9 Å². The van der Waals surface area contributed by atoms with E-state index in [2.05, 4.69) is 27.0 Å². The molecule has 0 atom stereocenters. The fourth-order valence-corrected chi connectivity index (χ4v) is 2.89. The standard InChI is InChI=1S/C18H20F3N3O/c19-18(20,21)16-6-10-22-17(23-16)25-15-8-12-24(13-9-15)11-7-14-4-2-1-3-5-14/h1-6,10,15H,7-9,11-13H2. The van der Waals surface area contributed by atoms with Gasteiger partial charge in [-0.15, -0.1) is 0 Å². The van der Waals surface area contributed by atoms with E-state index in [1.807, 2.05) is 18.2 Å². The summed E-state index contributed by atoms with van der Waals surface area (Å²) in [6.07, 6.45) is -1.04. The van der Waals surface area contributed by atoms with Crippen molar-refractivity contribution in [2.45, 2.75) is 31.5 Å². The molecule has 0 aliphatic carbocycles. The second-order valence-corrected chi connectivity index (χ2v) is 6.12. The van der Waals surface area contributed by atoms with Crippen LogP contribution in [0.5, 0.6) is 6.01 Å². The molecule has 1 fully saturated rings. The Morgan fingerprint density at radius 3 is 2.48 bits per heavy atom. The maximum Gasteiger partial charge on any atom is 0.433 e. The highest BCUT2D eigenvalue weighted by atomic mass is 19.4. The largest absolute Gasteiger partial charge is 0.460 e. The third-order valence-corrected chi connectivity index (χ3v) is 4.29. The van der Waals surface area contributed by atoms with Crippen LogP contribution in [0.25, 0.3) is 0 Å². The Morgan fingerprint density at radius 1 is 1.08 bits per heavy atom. The predicted octanol–water partition coefficient (Wildman–Crippen LogP) is 3.58. The number of benzene rings is 1. The SMILES string of the molecule is FC(F)(F)c1ccnc(OC2CCN(CCc3ccccc3)CC2)n1. The zero-order valence-electron chi connectivity index (χ0n) is 13.7. The molecule has 1 aromatic heterocycles. The van der Waals surface area contributed by atoms with Gasteiger partial charge in [-0.3, -0.25) is 0 Å².